The molecule has 5 heteroatoms. The molecule has 0 amide bonds. The summed E-state index contributed by atoms with van der Waals surface area (Å²) in [6, 6.07) is 10.5. The first kappa shape index (κ1) is 17.2. The molecule has 1 aliphatic heterocycles. The Labute approximate surface area is 153 Å². The summed E-state index contributed by atoms with van der Waals surface area (Å²) in [7, 11) is 0. The molecule has 5 nitrogen and oxygen atoms in total. The van der Waals surface area contributed by atoms with E-state index in [0.29, 0.717) is 12.5 Å². The van der Waals surface area contributed by atoms with Crippen molar-refractivity contribution in [2.45, 2.75) is 26.3 Å². The predicted octanol–water partition coefficient (Wildman–Crippen LogP) is 3.68. The van der Waals surface area contributed by atoms with Gasteiger partial charge in [-0.1, -0.05) is 18.2 Å². The maximum absolute atomic E-state index is 12.6. The van der Waals surface area contributed by atoms with Crippen LogP contribution in [0.25, 0.3) is 21.8 Å². The number of morpholine rings is 1. The molecule has 0 spiro atoms. The van der Waals surface area contributed by atoms with Crippen LogP contribution in [0.15, 0.2) is 36.7 Å². The summed E-state index contributed by atoms with van der Waals surface area (Å²) >= 11 is 0. The Hall–Kier alpha value is -2.24. The fourth-order valence-corrected chi connectivity index (χ4v) is 3.65. The molecule has 26 heavy (non-hydrogen) atoms. The van der Waals surface area contributed by atoms with Gasteiger partial charge in [0.25, 0.3) is 0 Å². The molecule has 136 valence electrons. The molecule has 0 atom stereocenters. The summed E-state index contributed by atoms with van der Waals surface area (Å²) in [6.45, 7) is 8.49. The summed E-state index contributed by atoms with van der Waals surface area (Å²) in [4.78, 5) is 19.5. The van der Waals surface area contributed by atoms with Gasteiger partial charge >= 0.3 is 0 Å². The van der Waals surface area contributed by atoms with Gasteiger partial charge < -0.3 is 9.30 Å². The molecule has 1 aromatic heterocycles. The van der Waals surface area contributed by atoms with Gasteiger partial charge in [0, 0.05) is 43.0 Å². The highest BCUT2D eigenvalue weighted by Gasteiger charge is 2.15. The van der Waals surface area contributed by atoms with Crippen LogP contribution in [0.2, 0.25) is 0 Å². The third-order valence-corrected chi connectivity index (χ3v) is 5.19. The number of hydrogen-bond acceptors (Lipinski definition) is 4. The Morgan fingerprint density at radius 1 is 1.19 bits per heavy atom. The lowest BCUT2D eigenvalue weighted by molar-refractivity contribution is 0.0370. The van der Waals surface area contributed by atoms with Crippen LogP contribution >= 0.6 is 0 Å². The number of imidazole rings is 1. The fraction of sp³-hybridized carbons (Fsp3) is 0.429. The van der Waals surface area contributed by atoms with Gasteiger partial charge in [-0.05, 0) is 31.4 Å². The number of fused-ring (bicyclic) bond motifs is 3. The number of nitrogens with zero attached hydrogens (tertiary/aromatic N) is 3. The van der Waals surface area contributed by atoms with Crippen molar-refractivity contribution in [2.24, 2.45) is 0 Å². The van der Waals surface area contributed by atoms with Crippen molar-refractivity contribution in [3.05, 3.63) is 42.2 Å². The highest BCUT2D eigenvalue weighted by Crippen LogP contribution is 2.28. The molecule has 4 rings (SSSR count). The van der Waals surface area contributed by atoms with Crippen LogP contribution in [0.5, 0.6) is 0 Å². The summed E-state index contributed by atoms with van der Waals surface area (Å²) in [5, 5.41) is 2.25. The molecule has 3 aromatic rings. The van der Waals surface area contributed by atoms with E-state index < -0.39 is 0 Å². The van der Waals surface area contributed by atoms with Crippen molar-refractivity contribution in [3.8, 4) is 0 Å². The first-order valence-corrected chi connectivity index (χ1v) is 9.36. The molecule has 0 unspecified atom stereocenters. The standard InChI is InChI=1S/C21H25N3O2/c1-15(2)24-14-22-19-6-4-16-13-17(3-5-18(16)21(19)24)20(25)7-8-23-9-11-26-12-10-23/h3-6,13-15H,7-12H2,1-2H3. The van der Waals surface area contributed by atoms with Crippen molar-refractivity contribution in [2.75, 3.05) is 32.8 Å². The molecule has 1 fully saturated rings. The van der Waals surface area contributed by atoms with Crippen molar-refractivity contribution in [3.63, 3.8) is 0 Å². The molecule has 0 radical (unpaired) electrons. The number of rotatable bonds is 5. The van der Waals surface area contributed by atoms with Crippen molar-refractivity contribution in [1.29, 1.82) is 0 Å². The molecule has 2 heterocycles. The number of ether oxygens (including phenoxy) is 1. The van der Waals surface area contributed by atoms with Crippen LogP contribution in [0.3, 0.4) is 0 Å². The van der Waals surface area contributed by atoms with Crippen LogP contribution < -0.4 is 0 Å². The van der Waals surface area contributed by atoms with E-state index in [1.807, 2.05) is 24.5 Å². The predicted molar refractivity (Wildman–Crippen MR) is 104 cm³/mol. The molecule has 0 saturated carbocycles. The summed E-state index contributed by atoms with van der Waals surface area (Å²) < 4.78 is 7.55. The first-order valence-electron chi connectivity index (χ1n) is 9.36. The Morgan fingerprint density at radius 3 is 2.77 bits per heavy atom. The zero-order chi connectivity index (χ0) is 18.1. The summed E-state index contributed by atoms with van der Waals surface area (Å²) in [5.74, 6) is 0.204. The molecule has 2 aromatic carbocycles. The summed E-state index contributed by atoms with van der Waals surface area (Å²) in [6.07, 6.45) is 2.45. The van der Waals surface area contributed by atoms with Gasteiger partial charge in [0.05, 0.1) is 30.6 Å². The fourth-order valence-electron chi connectivity index (χ4n) is 3.65. The van der Waals surface area contributed by atoms with Gasteiger partial charge in [0.15, 0.2) is 5.78 Å². The first-order chi connectivity index (χ1) is 12.6. The maximum Gasteiger partial charge on any atom is 0.164 e. The zero-order valence-electron chi connectivity index (χ0n) is 15.4. The molecule has 0 N–H and O–H groups in total. The van der Waals surface area contributed by atoms with E-state index >= 15 is 0 Å². The summed E-state index contributed by atoms with van der Waals surface area (Å²) in [5.41, 5.74) is 2.93. The number of carbonyl (C=O) groups excluding carboxylic acids is 1. The minimum atomic E-state index is 0.204. The van der Waals surface area contributed by atoms with Crippen molar-refractivity contribution >= 4 is 27.6 Å². The lowest BCUT2D eigenvalue weighted by Crippen LogP contribution is -2.37. The number of carbonyl (C=O) groups is 1. The van der Waals surface area contributed by atoms with E-state index in [-0.39, 0.29) is 5.78 Å². The van der Waals surface area contributed by atoms with E-state index in [9.17, 15) is 4.79 Å². The van der Waals surface area contributed by atoms with E-state index in [0.717, 1.165) is 60.2 Å². The van der Waals surface area contributed by atoms with Gasteiger partial charge in [0.2, 0.25) is 0 Å². The average Bonchev–Trinajstić information content (AvgIpc) is 3.11. The van der Waals surface area contributed by atoms with E-state index in [2.05, 4.69) is 40.4 Å². The zero-order valence-corrected chi connectivity index (χ0v) is 15.4. The van der Waals surface area contributed by atoms with Crippen LogP contribution in [-0.4, -0.2) is 53.1 Å². The average molecular weight is 351 g/mol. The molecular formula is C21H25N3O2. The maximum atomic E-state index is 12.6. The highest BCUT2D eigenvalue weighted by molar-refractivity contribution is 6.07. The van der Waals surface area contributed by atoms with Gasteiger partial charge in [-0.25, -0.2) is 4.98 Å². The Kier molecular flexibility index (Phi) is 4.74. The monoisotopic (exact) mass is 351 g/mol. The number of Topliss-reactive ketones (excluding diaryl/α,β-unsaturated/α-hetero) is 1. The second-order valence-corrected chi connectivity index (χ2v) is 7.24. The quantitative estimate of drug-likeness (QED) is 0.658. The Morgan fingerprint density at radius 2 is 2.00 bits per heavy atom. The van der Waals surface area contributed by atoms with Crippen LogP contribution in [0, 0.1) is 0 Å². The number of benzene rings is 2. The molecular weight excluding hydrogens is 326 g/mol. The number of ketones is 1. The van der Waals surface area contributed by atoms with E-state index in [1.54, 1.807) is 0 Å². The number of hydrogen-bond donors (Lipinski definition) is 0. The second kappa shape index (κ2) is 7.17. The van der Waals surface area contributed by atoms with E-state index in [4.69, 9.17) is 4.74 Å². The molecule has 0 bridgehead atoms. The minimum absolute atomic E-state index is 0.204. The molecule has 1 aliphatic rings. The van der Waals surface area contributed by atoms with Gasteiger partial charge in [0.1, 0.15) is 0 Å². The SMILES string of the molecule is CC(C)n1cnc2ccc3cc(C(=O)CCN4CCOCC4)ccc3c21. The van der Waals surface area contributed by atoms with Crippen LogP contribution in [0.1, 0.15) is 36.7 Å². The van der Waals surface area contributed by atoms with Crippen molar-refractivity contribution in [1.82, 2.24) is 14.5 Å². The lowest BCUT2D eigenvalue weighted by Gasteiger charge is -2.26. The van der Waals surface area contributed by atoms with Crippen LogP contribution in [0.4, 0.5) is 0 Å². The topological polar surface area (TPSA) is 47.4 Å². The van der Waals surface area contributed by atoms with Gasteiger partial charge in [-0.2, -0.15) is 0 Å². The smallest absolute Gasteiger partial charge is 0.164 e. The van der Waals surface area contributed by atoms with Crippen LogP contribution in [-0.2, 0) is 4.74 Å². The number of aromatic nitrogens is 2. The highest BCUT2D eigenvalue weighted by atomic mass is 16.5. The normalized spacial score (nSPS) is 16.0. The Bertz CT molecular complexity index is 939. The second-order valence-electron chi connectivity index (χ2n) is 7.24. The van der Waals surface area contributed by atoms with Gasteiger partial charge in [-0.15, -0.1) is 0 Å². The minimum Gasteiger partial charge on any atom is -0.379 e. The molecule has 1 saturated heterocycles. The Balaban J connectivity index is 1.60. The third-order valence-electron chi connectivity index (χ3n) is 5.19. The molecule has 0 aliphatic carbocycles. The van der Waals surface area contributed by atoms with E-state index in [1.165, 1.54) is 0 Å². The largest absolute Gasteiger partial charge is 0.379 e. The lowest BCUT2D eigenvalue weighted by atomic mass is 10.0. The third kappa shape index (κ3) is 3.24. The van der Waals surface area contributed by atoms with Gasteiger partial charge in [-0.3, -0.25) is 9.69 Å². The van der Waals surface area contributed by atoms with Crippen molar-refractivity contribution < 1.29 is 9.53 Å².